The second kappa shape index (κ2) is 10.9. The zero-order chi connectivity index (χ0) is 22.3. The Morgan fingerprint density at radius 2 is 1.62 bits per heavy atom. The Morgan fingerprint density at radius 1 is 0.969 bits per heavy atom. The van der Waals surface area contributed by atoms with Gasteiger partial charge in [-0.1, -0.05) is 65.1 Å². The monoisotopic (exact) mass is 542 g/mol. The van der Waals surface area contributed by atoms with Gasteiger partial charge in [0, 0.05) is 25.7 Å². The smallest absolute Gasteiger partial charge is 0.335 e. The molecule has 4 rings (SSSR count). The topological polar surface area (TPSA) is 61.8 Å². The number of hydrogen-bond donors (Lipinski definition) is 2. The zero-order valence-electron chi connectivity index (χ0n) is 17.8. The van der Waals surface area contributed by atoms with E-state index < -0.39 is 5.97 Å². The van der Waals surface area contributed by atoms with Gasteiger partial charge in [-0.3, -0.25) is 4.90 Å². The molecule has 0 saturated carbocycles. The molecule has 1 aliphatic heterocycles. The number of rotatable bonds is 8. The largest absolute Gasteiger partial charge is 0.478 e. The lowest BCUT2D eigenvalue weighted by Crippen LogP contribution is -2.45. The molecule has 2 atom stereocenters. The summed E-state index contributed by atoms with van der Waals surface area (Å²) in [7, 11) is 0. The molecule has 3 aromatic rings. The molecule has 0 aromatic heterocycles. The average molecular weight is 542 g/mol. The molecule has 0 amide bonds. The average Bonchev–Trinajstić information content (AvgIpc) is 2.81. The first kappa shape index (κ1) is 22.8. The Kier molecular flexibility index (Phi) is 7.78. The van der Waals surface area contributed by atoms with E-state index in [4.69, 9.17) is 9.84 Å². The number of benzene rings is 3. The molecule has 0 radical (unpaired) electrons. The summed E-state index contributed by atoms with van der Waals surface area (Å²) in [6.07, 6.45) is 2.19. The summed E-state index contributed by atoms with van der Waals surface area (Å²) in [6.45, 7) is 2.74. The first-order valence-electron chi connectivity index (χ1n) is 10.8. The van der Waals surface area contributed by atoms with E-state index in [0.717, 1.165) is 49.5 Å². The van der Waals surface area contributed by atoms with Gasteiger partial charge in [-0.05, 0) is 60.4 Å². The highest BCUT2D eigenvalue weighted by molar-refractivity contribution is 14.1. The molecule has 0 bridgehead atoms. The summed E-state index contributed by atoms with van der Waals surface area (Å²) in [4.78, 5) is 13.5. The molecule has 3 aromatic carbocycles. The number of alkyl halides is 1. The number of hydrogen-bond acceptors (Lipinski definition) is 4. The summed E-state index contributed by atoms with van der Waals surface area (Å²) < 4.78 is 6.35. The molecule has 1 heterocycles. The van der Waals surface area contributed by atoms with Crippen molar-refractivity contribution < 1.29 is 14.6 Å². The Balaban J connectivity index is 1.24. The van der Waals surface area contributed by atoms with Gasteiger partial charge >= 0.3 is 5.97 Å². The van der Waals surface area contributed by atoms with Gasteiger partial charge in [0.15, 0.2) is 0 Å². The predicted octanol–water partition coefficient (Wildman–Crippen LogP) is 5.69. The van der Waals surface area contributed by atoms with Crippen LogP contribution < -0.4 is 10.1 Å². The van der Waals surface area contributed by atoms with Crippen LogP contribution in [-0.2, 0) is 13.1 Å². The first-order chi connectivity index (χ1) is 15.6. The van der Waals surface area contributed by atoms with Crippen molar-refractivity contribution in [3.05, 3.63) is 95.6 Å². The van der Waals surface area contributed by atoms with Crippen LogP contribution in [0, 0.1) is 0 Å². The van der Waals surface area contributed by atoms with Crippen LogP contribution in [0.1, 0.15) is 34.3 Å². The SMILES string of the molecule is O=C(O)c1ccc(CNC2CCN(Cc3ccc(Oc4ccccc4)cc3)C(I)C2)cc1. The maximum Gasteiger partial charge on any atom is 0.335 e. The van der Waals surface area contributed by atoms with Gasteiger partial charge in [-0.15, -0.1) is 0 Å². The lowest BCUT2D eigenvalue weighted by molar-refractivity contribution is 0.0697. The minimum Gasteiger partial charge on any atom is -0.478 e. The lowest BCUT2D eigenvalue weighted by atomic mass is 10.0. The molecule has 6 heteroatoms. The van der Waals surface area contributed by atoms with Gasteiger partial charge in [0.25, 0.3) is 0 Å². The molecule has 1 aliphatic rings. The summed E-state index contributed by atoms with van der Waals surface area (Å²) >= 11 is 2.54. The molecular weight excluding hydrogens is 515 g/mol. The molecule has 2 unspecified atom stereocenters. The van der Waals surface area contributed by atoms with E-state index in [1.54, 1.807) is 12.1 Å². The van der Waals surface area contributed by atoms with Gasteiger partial charge in [0.05, 0.1) is 9.61 Å². The van der Waals surface area contributed by atoms with E-state index in [2.05, 4.69) is 44.9 Å². The van der Waals surface area contributed by atoms with Crippen LogP contribution >= 0.6 is 22.6 Å². The summed E-state index contributed by atoms with van der Waals surface area (Å²) in [5.41, 5.74) is 2.73. The number of ether oxygens (including phenoxy) is 1. The molecular formula is C26H27IN2O3. The molecule has 2 N–H and O–H groups in total. The second-order valence-electron chi connectivity index (χ2n) is 8.07. The van der Waals surface area contributed by atoms with Gasteiger partial charge in [-0.2, -0.15) is 0 Å². The molecule has 1 saturated heterocycles. The highest BCUT2D eigenvalue weighted by Gasteiger charge is 2.26. The van der Waals surface area contributed by atoms with Gasteiger partial charge < -0.3 is 15.2 Å². The van der Waals surface area contributed by atoms with Crippen LogP contribution in [0.25, 0.3) is 0 Å². The standard InChI is InChI=1S/C26H27IN2O3/c27-25-16-22(28-17-19-6-10-21(11-7-19)26(30)31)14-15-29(25)18-20-8-12-24(13-9-20)32-23-4-2-1-3-5-23/h1-13,22,25,28H,14-18H2,(H,30,31). The van der Waals surface area contributed by atoms with E-state index in [-0.39, 0.29) is 0 Å². The third kappa shape index (κ3) is 6.31. The normalized spacial score (nSPS) is 18.9. The van der Waals surface area contributed by atoms with E-state index in [0.29, 0.717) is 15.7 Å². The third-order valence-electron chi connectivity index (χ3n) is 5.72. The van der Waals surface area contributed by atoms with Crippen molar-refractivity contribution in [2.45, 2.75) is 36.0 Å². The number of carbonyl (C=O) groups is 1. The first-order valence-corrected chi connectivity index (χ1v) is 12.1. The van der Waals surface area contributed by atoms with Crippen molar-refractivity contribution in [2.24, 2.45) is 0 Å². The predicted molar refractivity (Wildman–Crippen MR) is 134 cm³/mol. The van der Waals surface area contributed by atoms with E-state index in [1.807, 2.05) is 54.6 Å². The molecule has 166 valence electrons. The third-order valence-corrected chi connectivity index (χ3v) is 7.02. The van der Waals surface area contributed by atoms with Crippen molar-refractivity contribution in [1.29, 1.82) is 0 Å². The van der Waals surface area contributed by atoms with E-state index in [1.165, 1.54) is 5.56 Å². The van der Waals surface area contributed by atoms with Crippen molar-refractivity contribution >= 4 is 28.6 Å². The van der Waals surface area contributed by atoms with Crippen LogP contribution in [0.5, 0.6) is 11.5 Å². The number of halogens is 1. The molecule has 0 spiro atoms. The van der Waals surface area contributed by atoms with Crippen LogP contribution in [0.4, 0.5) is 0 Å². The number of nitrogens with one attached hydrogen (secondary N) is 1. The van der Waals surface area contributed by atoms with Crippen LogP contribution in [0.2, 0.25) is 0 Å². The summed E-state index contributed by atoms with van der Waals surface area (Å²) in [5.74, 6) is 0.813. The Hall–Kier alpha value is -2.42. The van der Waals surface area contributed by atoms with E-state index in [9.17, 15) is 4.79 Å². The number of carboxylic acids is 1. The number of para-hydroxylation sites is 1. The maximum atomic E-state index is 11.0. The fourth-order valence-corrected chi connectivity index (χ4v) is 4.97. The highest BCUT2D eigenvalue weighted by atomic mass is 127. The van der Waals surface area contributed by atoms with Crippen LogP contribution in [0.15, 0.2) is 78.9 Å². The lowest BCUT2D eigenvalue weighted by Gasteiger charge is -2.37. The Morgan fingerprint density at radius 3 is 2.28 bits per heavy atom. The molecule has 0 aliphatic carbocycles. The van der Waals surface area contributed by atoms with Crippen molar-refractivity contribution in [3.63, 3.8) is 0 Å². The minimum absolute atomic E-state index is 0.328. The molecule has 32 heavy (non-hydrogen) atoms. The Labute approximate surface area is 202 Å². The number of piperidine rings is 1. The second-order valence-corrected chi connectivity index (χ2v) is 9.51. The molecule has 1 fully saturated rings. The van der Waals surface area contributed by atoms with Crippen LogP contribution in [0.3, 0.4) is 0 Å². The summed E-state index contributed by atoms with van der Waals surface area (Å²) in [6, 6.07) is 25.8. The maximum absolute atomic E-state index is 11.0. The quantitative estimate of drug-likeness (QED) is 0.218. The van der Waals surface area contributed by atoms with E-state index >= 15 is 0 Å². The summed E-state index contributed by atoms with van der Waals surface area (Å²) in [5, 5.41) is 12.7. The number of aromatic carboxylic acids is 1. The number of nitrogens with zero attached hydrogens (tertiary/aromatic N) is 1. The fourth-order valence-electron chi connectivity index (χ4n) is 3.88. The van der Waals surface area contributed by atoms with Gasteiger partial charge in [-0.25, -0.2) is 4.79 Å². The van der Waals surface area contributed by atoms with Crippen molar-refractivity contribution in [1.82, 2.24) is 10.2 Å². The molecule has 5 nitrogen and oxygen atoms in total. The number of carboxylic acid groups (broad SMARTS) is 1. The van der Waals surface area contributed by atoms with Gasteiger partial charge in [0.2, 0.25) is 0 Å². The number of likely N-dealkylation sites (tertiary alicyclic amines) is 1. The fraction of sp³-hybridized carbons (Fsp3) is 0.269. The van der Waals surface area contributed by atoms with Crippen molar-refractivity contribution in [2.75, 3.05) is 6.54 Å². The van der Waals surface area contributed by atoms with Gasteiger partial charge in [0.1, 0.15) is 11.5 Å². The minimum atomic E-state index is -0.886. The highest BCUT2D eigenvalue weighted by Crippen LogP contribution is 2.26. The van der Waals surface area contributed by atoms with Crippen molar-refractivity contribution in [3.8, 4) is 11.5 Å². The Bertz CT molecular complexity index is 1010. The zero-order valence-corrected chi connectivity index (χ0v) is 19.9. The van der Waals surface area contributed by atoms with Crippen LogP contribution in [-0.4, -0.2) is 32.6 Å².